The molecular formula is C13H32N2. The zero-order chi connectivity index (χ0) is 10.9. The molecule has 1 aliphatic rings. The molecular weight excluding hydrogens is 184 g/mol. The summed E-state index contributed by atoms with van der Waals surface area (Å²) >= 11 is 0. The van der Waals surface area contributed by atoms with Gasteiger partial charge in [0.05, 0.1) is 0 Å². The first-order valence-corrected chi connectivity index (χ1v) is 6.18. The zero-order valence-corrected chi connectivity index (χ0v) is 10.4. The van der Waals surface area contributed by atoms with Crippen molar-refractivity contribution in [2.75, 3.05) is 26.7 Å². The van der Waals surface area contributed by atoms with Gasteiger partial charge in [-0.15, -0.1) is 0 Å². The average molecular weight is 216 g/mol. The van der Waals surface area contributed by atoms with Crippen LogP contribution in [0.15, 0.2) is 0 Å². The summed E-state index contributed by atoms with van der Waals surface area (Å²) in [6.07, 6.45) is 5.43. The Labute approximate surface area is 97.2 Å². The number of hydrogen-bond acceptors (Lipinski definition) is 2. The number of nitrogens with one attached hydrogen (secondary N) is 2. The highest BCUT2D eigenvalue weighted by Crippen LogP contribution is 2.33. The molecule has 0 aromatic rings. The van der Waals surface area contributed by atoms with Crippen molar-refractivity contribution < 1.29 is 0 Å². The van der Waals surface area contributed by atoms with E-state index in [4.69, 9.17) is 0 Å². The first-order chi connectivity index (χ1) is 6.83. The van der Waals surface area contributed by atoms with Crippen LogP contribution in [0.1, 0.15) is 53.9 Å². The zero-order valence-electron chi connectivity index (χ0n) is 10.4. The summed E-state index contributed by atoms with van der Waals surface area (Å²) in [4.78, 5) is 0. The van der Waals surface area contributed by atoms with Crippen molar-refractivity contribution in [3.63, 3.8) is 0 Å². The fourth-order valence-electron chi connectivity index (χ4n) is 2.13. The lowest BCUT2D eigenvalue weighted by Crippen LogP contribution is -2.24. The van der Waals surface area contributed by atoms with Gasteiger partial charge >= 0.3 is 0 Å². The Hall–Kier alpha value is -0.0800. The van der Waals surface area contributed by atoms with Gasteiger partial charge in [0.1, 0.15) is 0 Å². The van der Waals surface area contributed by atoms with Crippen LogP contribution >= 0.6 is 0 Å². The standard InChI is InChI=1S/C10H22N2.C2H6.CH4/c1-3-10(5-4-7-11-2)6-8-12-9-10;1-2;/h11-12H,3-9H2,1-2H3;1-2H3;1H4. The molecule has 1 aliphatic heterocycles. The highest BCUT2D eigenvalue weighted by molar-refractivity contribution is 4.86. The molecule has 2 nitrogen and oxygen atoms in total. The van der Waals surface area contributed by atoms with Crippen LogP contribution in [-0.4, -0.2) is 26.7 Å². The van der Waals surface area contributed by atoms with E-state index in [2.05, 4.69) is 17.6 Å². The first-order valence-electron chi connectivity index (χ1n) is 6.18. The maximum atomic E-state index is 3.47. The van der Waals surface area contributed by atoms with Crippen molar-refractivity contribution in [3.8, 4) is 0 Å². The normalized spacial score (nSPS) is 24.0. The Morgan fingerprint density at radius 2 is 2.00 bits per heavy atom. The quantitative estimate of drug-likeness (QED) is 0.690. The number of rotatable bonds is 5. The summed E-state index contributed by atoms with van der Waals surface area (Å²) < 4.78 is 0. The Morgan fingerprint density at radius 3 is 2.40 bits per heavy atom. The van der Waals surface area contributed by atoms with Crippen molar-refractivity contribution in [1.29, 1.82) is 0 Å². The van der Waals surface area contributed by atoms with Crippen molar-refractivity contribution in [1.82, 2.24) is 10.6 Å². The second kappa shape index (κ2) is 10.4. The fourth-order valence-corrected chi connectivity index (χ4v) is 2.13. The average Bonchev–Trinajstić information content (AvgIpc) is 2.71. The van der Waals surface area contributed by atoms with Crippen LogP contribution in [-0.2, 0) is 0 Å². The SMILES string of the molecule is C.CC.CCC1(CCCNC)CCNC1. The van der Waals surface area contributed by atoms with E-state index in [1.807, 2.05) is 20.9 Å². The van der Waals surface area contributed by atoms with E-state index < -0.39 is 0 Å². The summed E-state index contributed by atoms with van der Waals surface area (Å²) in [6, 6.07) is 0. The third-order valence-corrected chi connectivity index (χ3v) is 3.22. The molecule has 1 rings (SSSR count). The molecule has 94 valence electrons. The second-order valence-electron chi connectivity index (χ2n) is 3.99. The van der Waals surface area contributed by atoms with E-state index in [0.29, 0.717) is 5.41 Å². The molecule has 15 heavy (non-hydrogen) atoms. The lowest BCUT2D eigenvalue weighted by Gasteiger charge is -2.26. The van der Waals surface area contributed by atoms with Crippen LogP contribution < -0.4 is 10.6 Å². The smallest absolute Gasteiger partial charge is 0.000819 e. The summed E-state index contributed by atoms with van der Waals surface area (Å²) in [5.74, 6) is 0. The van der Waals surface area contributed by atoms with Crippen molar-refractivity contribution in [2.24, 2.45) is 5.41 Å². The molecule has 1 atom stereocenters. The Bertz CT molecular complexity index is 118. The van der Waals surface area contributed by atoms with Gasteiger partial charge in [-0.25, -0.2) is 0 Å². The molecule has 0 spiro atoms. The van der Waals surface area contributed by atoms with E-state index in [1.54, 1.807) is 0 Å². The fraction of sp³-hybridized carbons (Fsp3) is 1.00. The predicted octanol–water partition coefficient (Wildman–Crippen LogP) is 3.04. The Kier molecular flexibility index (Phi) is 12.1. The predicted molar refractivity (Wildman–Crippen MR) is 71.5 cm³/mol. The third-order valence-electron chi connectivity index (χ3n) is 3.22. The van der Waals surface area contributed by atoms with Gasteiger partial charge < -0.3 is 10.6 Å². The van der Waals surface area contributed by atoms with Crippen molar-refractivity contribution >= 4 is 0 Å². The summed E-state index contributed by atoms with van der Waals surface area (Å²) in [7, 11) is 2.03. The van der Waals surface area contributed by atoms with Gasteiger partial charge in [-0.2, -0.15) is 0 Å². The second-order valence-corrected chi connectivity index (χ2v) is 3.99. The maximum absolute atomic E-state index is 3.47. The van der Waals surface area contributed by atoms with Gasteiger partial charge in [0.25, 0.3) is 0 Å². The van der Waals surface area contributed by atoms with Crippen LogP contribution in [0.2, 0.25) is 0 Å². The molecule has 0 radical (unpaired) electrons. The van der Waals surface area contributed by atoms with Crippen LogP contribution in [0.25, 0.3) is 0 Å². The van der Waals surface area contributed by atoms with E-state index in [9.17, 15) is 0 Å². The van der Waals surface area contributed by atoms with E-state index in [-0.39, 0.29) is 7.43 Å². The molecule has 1 unspecified atom stereocenters. The van der Waals surface area contributed by atoms with E-state index in [1.165, 1.54) is 45.3 Å². The number of hydrogen-bond donors (Lipinski definition) is 2. The highest BCUT2D eigenvalue weighted by atomic mass is 14.9. The van der Waals surface area contributed by atoms with Crippen LogP contribution in [0.3, 0.4) is 0 Å². The Morgan fingerprint density at radius 1 is 1.33 bits per heavy atom. The van der Waals surface area contributed by atoms with Crippen molar-refractivity contribution in [2.45, 2.75) is 53.9 Å². The molecule has 0 aromatic carbocycles. The maximum Gasteiger partial charge on any atom is 0.000819 e. The van der Waals surface area contributed by atoms with Gasteiger partial charge in [0.15, 0.2) is 0 Å². The van der Waals surface area contributed by atoms with E-state index >= 15 is 0 Å². The first kappa shape index (κ1) is 17.3. The molecule has 0 aliphatic carbocycles. The molecule has 1 heterocycles. The van der Waals surface area contributed by atoms with Crippen LogP contribution in [0.5, 0.6) is 0 Å². The molecule has 0 aromatic heterocycles. The van der Waals surface area contributed by atoms with Gasteiger partial charge in [0.2, 0.25) is 0 Å². The molecule has 0 saturated carbocycles. The summed E-state index contributed by atoms with van der Waals surface area (Å²) in [5, 5.41) is 6.68. The molecule has 1 saturated heterocycles. The topological polar surface area (TPSA) is 24.1 Å². The minimum atomic E-state index is 0. The van der Waals surface area contributed by atoms with Gasteiger partial charge in [0, 0.05) is 6.54 Å². The van der Waals surface area contributed by atoms with Crippen LogP contribution in [0.4, 0.5) is 0 Å². The minimum absolute atomic E-state index is 0. The largest absolute Gasteiger partial charge is 0.320 e. The molecule has 2 heteroatoms. The molecule has 0 amide bonds. The minimum Gasteiger partial charge on any atom is -0.320 e. The molecule has 2 N–H and O–H groups in total. The molecule has 1 fully saturated rings. The summed E-state index contributed by atoms with van der Waals surface area (Å²) in [6.45, 7) is 9.97. The van der Waals surface area contributed by atoms with Gasteiger partial charge in [-0.3, -0.25) is 0 Å². The lowest BCUT2D eigenvalue weighted by atomic mass is 9.80. The van der Waals surface area contributed by atoms with Crippen molar-refractivity contribution in [3.05, 3.63) is 0 Å². The monoisotopic (exact) mass is 216 g/mol. The third kappa shape index (κ3) is 6.16. The highest BCUT2D eigenvalue weighted by Gasteiger charge is 2.30. The molecule has 0 bridgehead atoms. The van der Waals surface area contributed by atoms with Gasteiger partial charge in [-0.1, -0.05) is 28.2 Å². The summed E-state index contributed by atoms with van der Waals surface area (Å²) in [5.41, 5.74) is 0.636. The Balaban J connectivity index is 0. The lowest BCUT2D eigenvalue weighted by molar-refractivity contribution is 0.275. The van der Waals surface area contributed by atoms with Crippen LogP contribution in [0, 0.1) is 5.41 Å². The van der Waals surface area contributed by atoms with Gasteiger partial charge in [-0.05, 0) is 51.2 Å². The van der Waals surface area contributed by atoms with E-state index in [0.717, 1.165) is 0 Å².